The smallest absolute Gasteiger partial charge is 0.252 e. The zero-order valence-corrected chi connectivity index (χ0v) is 14.2. The first-order valence-corrected chi connectivity index (χ1v) is 8.21. The van der Waals surface area contributed by atoms with Gasteiger partial charge in [-0.2, -0.15) is 0 Å². The fourth-order valence-electron chi connectivity index (χ4n) is 2.55. The zero-order chi connectivity index (χ0) is 16.3. The summed E-state index contributed by atoms with van der Waals surface area (Å²) < 4.78 is 21.8. The first-order chi connectivity index (χ1) is 10.4. The highest BCUT2D eigenvalue weighted by Crippen LogP contribution is 2.34. The van der Waals surface area contributed by atoms with Crippen LogP contribution in [0.25, 0.3) is 0 Å². The molecule has 0 aromatic carbocycles. The normalized spacial score (nSPS) is 32.0. The predicted octanol–water partition coefficient (Wildman–Crippen LogP) is 1.68. The van der Waals surface area contributed by atoms with Crippen LogP contribution < -0.4 is 5.32 Å². The minimum atomic E-state index is -0.461. The molecule has 0 aromatic heterocycles. The Labute approximate surface area is 132 Å². The third kappa shape index (κ3) is 5.19. The van der Waals surface area contributed by atoms with E-state index in [0.717, 1.165) is 6.42 Å². The number of carbonyl (C=O) groups excluding carboxylic acids is 1. The van der Waals surface area contributed by atoms with Crippen LogP contribution >= 0.6 is 0 Å². The summed E-state index contributed by atoms with van der Waals surface area (Å²) in [4.78, 5) is 12.2. The summed E-state index contributed by atoms with van der Waals surface area (Å²) in [7, 11) is 0. The van der Waals surface area contributed by atoms with Gasteiger partial charge < -0.3 is 24.3 Å². The number of rotatable bonds is 9. The number of hydrogen-bond acceptors (Lipinski definition) is 5. The van der Waals surface area contributed by atoms with Crippen molar-refractivity contribution in [2.75, 3.05) is 13.2 Å². The van der Waals surface area contributed by atoms with Crippen LogP contribution in [0.4, 0.5) is 0 Å². The minimum absolute atomic E-state index is 0.0123. The van der Waals surface area contributed by atoms with E-state index in [-0.39, 0.29) is 24.3 Å². The molecular weight excluding hydrogens is 286 g/mol. The molecule has 0 radical (unpaired) electrons. The van der Waals surface area contributed by atoms with E-state index in [2.05, 4.69) is 33.0 Å². The van der Waals surface area contributed by atoms with E-state index in [1.54, 1.807) is 0 Å². The molecule has 2 saturated heterocycles. The first-order valence-electron chi connectivity index (χ1n) is 8.21. The Hall–Kier alpha value is -0.690. The molecular formula is C16H29NO5. The van der Waals surface area contributed by atoms with E-state index >= 15 is 0 Å². The van der Waals surface area contributed by atoms with Gasteiger partial charge in [-0.25, -0.2) is 0 Å². The molecule has 22 heavy (non-hydrogen) atoms. The van der Waals surface area contributed by atoms with E-state index < -0.39 is 12.4 Å². The molecule has 2 heterocycles. The van der Waals surface area contributed by atoms with Crippen molar-refractivity contribution in [2.45, 2.75) is 71.9 Å². The summed E-state index contributed by atoms with van der Waals surface area (Å²) in [6, 6.07) is 0.0123. The standard InChI is InChI=1S/C16H29NO5/c1-9(2)6-12(8-19-7-10(3)4)17-15(18)13-14(22-13)16-20-11(5)21-16/h9-14,16H,6-8H2,1-5H3,(H,17,18)/t11?,12-,13-,14-,16?/m0/s1. The fourth-order valence-corrected chi connectivity index (χ4v) is 2.55. The molecule has 0 aliphatic carbocycles. The quantitative estimate of drug-likeness (QED) is 0.656. The lowest BCUT2D eigenvalue weighted by atomic mass is 10.0. The third-order valence-electron chi connectivity index (χ3n) is 3.58. The predicted molar refractivity (Wildman–Crippen MR) is 81.1 cm³/mol. The molecule has 0 saturated carbocycles. The molecule has 1 N–H and O–H groups in total. The summed E-state index contributed by atoms with van der Waals surface area (Å²) in [5, 5.41) is 3.03. The van der Waals surface area contributed by atoms with Gasteiger partial charge >= 0.3 is 0 Å². The first kappa shape index (κ1) is 17.7. The van der Waals surface area contributed by atoms with Crippen LogP contribution in [0, 0.1) is 11.8 Å². The summed E-state index contributed by atoms with van der Waals surface area (Å²) in [5.74, 6) is 0.875. The number of amides is 1. The third-order valence-corrected chi connectivity index (χ3v) is 3.58. The Kier molecular flexibility index (Phi) is 6.20. The Morgan fingerprint density at radius 3 is 2.32 bits per heavy atom. The lowest BCUT2D eigenvalue weighted by Crippen LogP contribution is -2.46. The molecule has 2 rings (SSSR count). The van der Waals surface area contributed by atoms with Gasteiger partial charge in [0.05, 0.1) is 12.6 Å². The van der Waals surface area contributed by atoms with Crippen LogP contribution in [0.1, 0.15) is 41.0 Å². The molecule has 0 aromatic rings. The number of ether oxygens (including phenoxy) is 4. The van der Waals surface area contributed by atoms with Crippen molar-refractivity contribution >= 4 is 5.91 Å². The number of epoxide rings is 1. The van der Waals surface area contributed by atoms with Gasteiger partial charge in [0, 0.05) is 6.61 Å². The molecule has 1 amide bonds. The van der Waals surface area contributed by atoms with Crippen molar-refractivity contribution in [3.05, 3.63) is 0 Å². The number of carbonyl (C=O) groups is 1. The lowest BCUT2D eigenvalue weighted by Gasteiger charge is -2.32. The van der Waals surface area contributed by atoms with Crippen LogP contribution in [0.3, 0.4) is 0 Å². The molecule has 0 unspecified atom stereocenters. The van der Waals surface area contributed by atoms with Gasteiger partial charge in [-0.05, 0) is 25.2 Å². The Bertz CT molecular complexity index is 368. The van der Waals surface area contributed by atoms with Crippen molar-refractivity contribution in [1.82, 2.24) is 5.32 Å². The van der Waals surface area contributed by atoms with Crippen molar-refractivity contribution in [1.29, 1.82) is 0 Å². The highest BCUT2D eigenvalue weighted by molar-refractivity contribution is 5.84. The Balaban J connectivity index is 1.73. The molecule has 2 aliphatic rings. The SMILES string of the molecule is CC(C)COC[C@H](CC(C)C)NC(=O)[C@H]1O[C@@H]1C1OC(C)O1. The largest absolute Gasteiger partial charge is 0.379 e. The molecule has 0 spiro atoms. The molecule has 3 atom stereocenters. The highest BCUT2D eigenvalue weighted by Gasteiger charge is 2.55. The van der Waals surface area contributed by atoms with Crippen LogP contribution in [0.5, 0.6) is 0 Å². The van der Waals surface area contributed by atoms with E-state index in [9.17, 15) is 4.79 Å². The van der Waals surface area contributed by atoms with E-state index in [0.29, 0.717) is 25.0 Å². The van der Waals surface area contributed by atoms with Gasteiger partial charge in [0.25, 0.3) is 5.91 Å². The van der Waals surface area contributed by atoms with Crippen molar-refractivity contribution in [3.63, 3.8) is 0 Å². The molecule has 6 heteroatoms. The second-order valence-electron chi connectivity index (χ2n) is 7.00. The molecule has 2 fully saturated rings. The molecule has 6 nitrogen and oxygen atoms in total. The van der Waals surface area contributed by atoms with Crippen molar-refractivity contribution < 1.29 is 23.7 Å². The maximum atomic E-state index is 12.2. The van der Waals surface area contributed by atoms with Gasteiger partial charge in [0.1, 0.15) is 6.10 Å². The number of nitrogens with one attached hydrogen (secondary N) is 1. The van der Waals surface area contributed by atoms with Crippen LogP contribution in [-0.4, -0.2) is 50.0 Å². The second-order valence-corrected chi connectivity index (χ2v) is 7.00. The van der Waals surface area contributed by atoms with Gasteiger partial charge in [-0.3, -0.25) is 4.79 Å². The van der Waals surface area contributed by atoms with Gasteiger partial charge in [-0.15, -0.1) is 0 Å². The van der Waals surface area contributed by atoms with Gasteiger partial charge in [-0.1, -0.05) is 27.7 Å². The van der Waals surface area contributed by atoms with Crippen LogP contribution in [-0.2, 0) is 23.7 Å². The zero-order valence-electron chi connectivity index (χ0n) is 14.2. The average molecular weight is 315 g/mol. The summed E-state index contributed by atoms with van der Waals surface area (Å²) in [6.45, 7) is 11.5. The van der Waals surface area contributed by atoms with E-state index in [1.165, 1.54) is 0 Å². The van der Waals surface area contributed by atoms with Gasteiger partial charge in [0.2, 0.25) is 0 Å². The summed E-state index contributed by atoms with van der Waals surface area (Å²) in [5.41, 5.74) is 0. The lowest BCUT2D eigenvalue weighted by molar-refractivity contribution is -0.380. The highest BCUT2D eigenvalue weighted by atomic mass is 16.9. The number of hydrogen-bond donors (Lipinski definition) is 1. The Morgan fingerprint density at radius 1 is 1.09 bits per heavy atom. The van der Waals surface area contributed by atoms with E-state index in [4.69, 9.17) is 18.9 Å². The maximum absolute atomic E-state index is 12.2. The maximum Gasteiger partial charge on any atom is 0.252 e. The van der Waals surface area contributed by atoms with Crippen LogP contribution in [0.15, 0.2) is 0 Å². The second kappa shape index (κ2) is 7.73. The summed E-state index contributed by atoms with van der Waals surface area (Å²) in [6.07, 6.45) is -0.443. The van der Waals surface area contributed by atoms with Crippen LogP contribution in [0.2, 0.25) is 0 Å². The topological polar surface area (TPSA) is 69.3 Å². The average Bonchev–Trinajstić information content (AvgIpc) is 3.13. The van der Waals surface area contributed by atoms with Crippen molar-refractivity contribution in [3.8, 4) is 0 Å². The fraction of sp³-hybridized carbons (Fsp3) is 0.938. The Morgan fingerprint density at radius 2 is 1.77 bits per heavy atom. The monoisotopic (exact) mass is 315 g/mol. The van der Waals surface area contributed by atoms with Crippen molar-refractivity contribution in [2.24, 2.45) is 11.8 Å². The van der Waals surface area contributed by atoms with E-state index in [1.807, 2.05) is 6.92 Å². The summed E-state index contributed by atoms with van der Waals surface area (Å²) >= 11 is 0. The minimum Gasteiger partial charge on any atom is -0.379 e. The molecule has 128 valence electrons. The molecule has 2 aliphatic heterocycles. The van der Waals surface area contributed by atoms with Gasteiger partial charge in [0.15, 0.2) is 18.7 Å². The molecule has 0 bridgehead atoms.